The predicted molar refractivity (Wildman–Crippen MR) is 52.5 cm³/mol. The monoisotopic (exact) mass is 174 g/mol. The molecule has 0 aromatic carbocycles. The summed E-state index contributed by atoms with van der Waals surface area (Å²) < 4.78 is 5.34. The van der Waals surface area contributed by atoms with Gasteiger partial charge in [-0.1, -0.05) is 19.1 Å². The highest BCUT2D eigenvalue weighted by Gasteiger charge is 1.91. The van der Waals surface area contributed by atoms with Crippen LogP contribution in [0.4, 0.5) is 0 Å². The third-order valence-corrected chi connectivity index (χ3v) is 1.45. The standard InChI is InChI=1S/C7H14OSSi/c1-3-7(8-5-10)4-6(2)9/h4H,3,5H2,1-2,10H3/b7-4-. The van der Waals surface area contributed by atoms with Crippen molar-refractivity contribution in [3.63, 3.8) is 0 Å². The first-order valence-electron chi connectivity index (χ1n) is 3.54. The Morgan fingerprint density at radius 2 is 2.30 bits per heavy atom. The van der Waals surface area contributed by atoms with Crippen LogP contribution in [0.15, 0.2) is 11.8 Å². The first-order valence-corrected chi connectivity index (χ1v) is 5.36. The van der Waals surface area contributed by atoms with Crippen LogP contribution in [0.3, 0.4) is 0 Å². The summed E-state index contributed by atoms with van der Waals surface area (Å²) in [5, 5.41) is 0. The Hall–Kier alpha value is -0.153. The summed E-state index contributed by atoms with van der Waals surface area (Å²) in [7, 11) is 1.09. The van der Waals surface area contributed by atoms with Crippen molar-refractivity contribution in [2.24, 2.45) is 0 Å². The van der Waals surface area contributed by atoms with Gasteiger partial charge in [0.15, 0.2) is 0 Å². The molecule has 58 valence electrons. The summed E-state index contributed by atoms with van der Waals surface area (Å²) >= 11 is 4.91. The Labute approximate surface area is 70.9 Å². The molecule has 0 atom stereocenters. The van der Waals surface area contributed by atoms with E-state index < -0.39 is 0 Å². The molecule has 1 nitrogen and oxygen atoms in total. The van der Waals surface area contributed by atoms with Crippen molar-refractivity contribution in [3.05, 3.63) is 11.8 Å². The van der Waals surface area contributed by atoms with Crippen LogP contribution in [0.25, 0.3) is 0 Å². The quantitative estimate of drug-likeness (QED) is 0.272. The van der Waals surface area contributed by atoms with E-state index in [-0.39, 0.29) is 0 Å². The van der Waals surface area contributed by atoms with Crippen molar-refractivity contribution in [3.8, 4) is 0 Å². The summed E-state index contributed by atoms with van der Waals surface area (Å²) in [5.74, 6) is 1.02. The van der Waals surface area contributed by atoms with Crippen molar-refractivity contribution in [1.82, 2.24) is 0 Å². The van der Waals surface area contributed by atoms with E-state index in [0.29, 0.717) is 0 Å². The summed E-state index contributed by atoms with van der Waals surface area (Å²) in [6.45, 7) is 3.97. The minimum atomic E-state index is 0.863. The zero-order chi connectivity index (χ0) is 7.98. The SMILES string of the molecule is CC/C(=C/C(C)=S)OC[SiH3]. The molecule has 0 aromatic rings. The van der Waals surface area contributed by atoms with Gasteiger partial charge in [0.05, 0.1) is 22.2 Å². The van der Waals surface area contributed by atoms with Gasteiger partial charge in [-0.25, -0.2) is 0 Å². The first kappa shape index (κ1) is 9.85. The molecule has 0 radical (unpaired) electrons. The second kappa shape index (κ2) is 5.62. The second-order valence-electron chi connectivity index (χ2n) is 2.01. The molecule has 0 fully saturated rings. The Balaban J connectivity index is 3.91. The first-order chi connectivity index (χ1) is 4.70. The Morgan fingerprint density at radius 1 is 1.70 bits per heavy atom. The summed E-state index contributed by atoms with van der Waals surface area (Å²) in [5.41, 5.74) is 0. The van der Waals surface area contributed by atoms with Gasteiger partial charge < -0.3 is 4.74 Å². The molecule has 0 saturated carbocycles. The predicted octanol–water partition coefficient (Wildman–Crippen LogP) is 1.01. The zero-order valence-corrected chi connectivity index (χ0v) is 9.62. The Kier molecular flexibility index (Phi) is 5.53. The van der Waals surface area contributed by atoms with Gasteiger partial charge in [0.1, 0.15) is 0 Å². The van der Waals surface area contributed by atoms with Gasteiger partial charge in [0.25, 0.3) is 0 Å². The fraction of sp³-hybridized carbons (Fsp3) is 0.571. The van der Waals surface area contributed by atoms with Gasteiger partial charge in [-0.3, -0.25) is 0 Å². The maximum atomic E-state index is 5.34. The van der Waals surface area contributed by atoms with Gasteiger partial charge in [-0.15, -0.1) is 0 Å². The fourth-order valence-electron chi connectivity index (χ4n) is 0.658. The molecule has 0 aliphatic heterocycles. The van der Waals surface area contributed by atoms with Crippen LogP contribution in [0, 0.1) is 0 Å². The topological polar surface area (TPSA) is 9.23 Å². The van der Waals surface area contributed by atoms with E-state index in [9.17, 15) is 0 Å². The van der Waals surface area contributed by atoms with E-state index in [1.54, 1.807) is 0 Å². The van der Waals surface area contributed by atoms with Gasteiger partial charge in [0.2, 0.25) is 0 Å². The van der Waals surface area contributed by atoms with Crippen LogP contribution in [0.2, 0.25) is 0 Å². The van der Waals surface area contributed by atoms with Crippen LogP contribution in [0.5, 0.6) is 0 Å². The third-order valence-electron chi connectivity index (χ3n) is 1.04. The van der Waals surface area contributed by atoms with E-state index in [1.165, 1.54) is 0 Å². The van der Waals surface area contributed by atoms with Gasteiger partial charge in [0, 0.05) is 11.3 Å². The summed E-state index contributed by atoms with van der Waals surface area (Å²) in [6, 6.07) is 0. The van der Waals surface area contributed by atoms with Gasteiger partial charge in [-0.2, -0.15) is 0 Å². The Morgan fingerprint density at radius 3 is 2.60 bits per heavy atom. The molecule has 0 N–H and O–H groups in total. The van der Waals surface area contributed by atoms with Gasteiger partial charge in [-0.05, 0) is 13.0 Å². The average Bonchev–Trinajstić information content (AvgIpc) is 1.86. The van der Waals surface area contributed by atoms with Crippen LogP contribution >= 0.6 is 12.2 Å². The molecule has 0 amide bonds. The van der Waals surface area contributed by atoms with E-state index in [2.05, 4.69) is 6.92 Å². The number of ether oxygens (including phenoxy) is 1. The lowest BCUT2D eigenvalue weighted by Gasteiger charge is -2.04. The van der Waals surface area contributed by atoms with E-state index in [4.69, 9.17) is 17.0 Å². The lowest BCUT2D eigenvalue weighted by Crippen LogP contribution is -1.95. The van der Waals surface area contributed by atoms with Crippen LogP contribution < -0.4 is 0 Å². The molecule has 0 saturated heterocycles. The molecule has 3 heteroatoms. The number of thiocarbonyl (C=S) groups is 1. The lowest BCUT2D eigenvalue weighted by atomic mass is 10.3. The van der Waals surface area contributed by atoms with Crippen LogP contribution in [-0.4, -0.2) is 21.3 Å². The highest BCUT2D eigenvalue weighted by Crippen LogP contribution is 2.01. The molecule has 0 unspecified atom stereocenters. The Bertz CT molecular complexity index is 143. The van der Waals surface area contributed by atoms with Crippen molar-refractivity contribution >= 4 is 27.3 Å². The van der Waals surface area contributed by atoms with E-state index in [1.807, 2.05) is 13.0 Å². The normalized spacial score (nSPS) is 11.6. The smallest absolute Gasteiger partial charge is 0.0962 e. The molecule has 0 aliphatic rings. The van der Waals surface area contributed by atoms with Crippen LogP contribution in [-0.2, 0) is 4.74 Å². The van der Waals surface area contributed by atoms with Crippen molar-refractivity contribution in [2.45, 2.75) is 20.3 Å². The van der Waals surface area contributed by atoms with Crippen LogP contribution in [0.1, 0.15) is 20.3 Å². The highest BCUT2D eigenvalue weighted by atomic mass is 32.1. The molecule has 0 bridgehead atoms. The fourth-order valence-corrected chi connectivity index (χ4v) is 1.16. The van der Waals surface area contributed by atoms with Crippen molar-refractivity contribution < 1.29 is 4.74 Å². The second-order valence-corrected chi connectivity index (χ2v) is 3.23. The molecule has 10 heavy (non-hydrogen) atoms. The minimum absolute atomic E-state index is 0.863. The van der Waals surface area contributed by atoms with E-state index >= 15 is 0 Å². The zero-order valence-electron chi connectivity index (χ0n) is 6.81. The number of rotatable bonds is 4. The van der Waals surface area contributed by atoms with Crippen molar-refractivity contribution in [2.75, 3.05) is 6.23 Å². The number of hydrogen-bond donors (Lipinski definition) is 0. The minimum Gasteiger partial charge on any atom is -0.503 e. The highest BCUT2D eigenvalue weighted by molar-refractivity contribution is 7.80. The van der Waals surface area contributed by atoms with Gasteiger partial charge >= 0.3 is 0 Å². The van der Waals surface area contributed by atoms with Crippen molar-refractivity contribution in [1.29, 1.82) is 0 Å². The largest absolute Gasteiger partial charge is 0.503 e. The molecule has 0 heterocycles. The molecular formula is C7H14OSSi. The molecule has 0 rings (SSSR count). The van der Waals surface area contributed by atoms with E-state index in [0.717, 1.165) is 33.5 Å². The maximum absolute atomic E-state index is 5.34. The molecule has 0 spiro atoms. The summed E-state index contributed by atoms with van der Waals surface area (Å²) in [6.07, 6.45) is 3.73. The average molecular weight is 174 g/mol. The maximum Gasteiger partial charge on any atom is 0.0962 e. The number of hydrogen-bond acceptors (Lipinski definition) is 2. The lowest BCUT2D eigenvalue weighted by molar-refractivity contribution is 0.259. The molecular weight excluding hydrogens is 160 g/mol. The molecule has 0 aromatic heterocycles. The third kappa shape index (κ3) is 4.70. The molecule has 0 aliphatic carbocycles. The summed E-state index contributed by atoms with van der Waals surface area (Å²) in [4.78, 5) is 0.895. The number of allylic oxidation sites excluding steroid dienone is 2.